The van der Waals surface area contributed by atoms with E-state index in [1.807, 2.05) is 48.8 Å². The molecule has 3 rings (SSSR count). The lowest BCUT2D eigenvalue weighted by Gasteiger charge is -2.21. The molecule has 0 bridgehead atoms. The van der Waals surface area contributed by atoms with E-state index in [0.29, 0.717) is 11.2 Å². The molecule has 1 aliphatic rings. The van der Waals surface area contributed by atoms with Crippen LogP contribution in [0, 0.1) is 0 Å². The fraction of sp³-hybridized carbons (Fsp3) is 0.619. The van der Waals surface area contributed by atoms with Crippen molar-refractivity contribution in [3.05, 3.63) is 29.6 Å². The number of carbonyl (C=O) groups excluding carboxylic acids is 1. The lowest BCUT2D eigenvalue weighted by Crippen LogP contribution is -2.30. The summed E-state index contributed by atoms with van der Waals surface area (Å²) >= 11 is 1.99. The van der Waals surface area contributed by atoms with Crippen molar-refractivity contribution in [1.82, 2.24) is 14.3 Å². The van der Waals surface area contributed by atoms with Gasteiger partial charge >= 0.3 is 0 Å². The van der Waals surface area contributed by atoms with E-state index < -0.39 is 0 Å². The van der Waals surface area contributed by atoms with Crippen molar-refractivity contribution >= 4 is 23.3 Å². The average molecular weight is 374 g/mol. The molecule has 0 spiro atoms. The van der Waals surface area contributed by atoms with E-state index in [2.05, 4.69) is 18.2 Å². The Bertz CT molecular complexity index is 758. The van der Waals surface area contributed by atoms with E-state index in [1.165, 1.54) is 37.1 Å². The SMILES string of the molecule is CCN(CC)C(=O)c1ccn2c(SC3CCCCC3)c(C(C)C)nc2c1. The van der Waals surface area contributed by atoms with Gasteiger partial charge in [0, 0.05) is 30.1 Å². The summed E-state index contributed by atoms with van der Waals surface area (Å²) in [5.41, 5.74) is 2.79. The monoisotopic (exact) mass is 373 g/mol. The molecule has 0 aliphatic heterocycles. The first kappa shape index (κ1) is 19.3. The van der Waals surface area contributed by atoms with Crippen LogP contribution in [-0.2, 0) is 0 Å². The van der Waals surface area contributed by atoms with Crippen molar-refractivity contribution in [3.63, 3.8) is 0 Å². The van der Waals surface area contributed by atoms with Gasteiger partial charge in [0.2, 0.25) is 0 Å². The van der Waals surface area contributed by atoms with Crippen LogP contribution < -0.4 is 0 Å². The van der Waals surface area contributed by atoms with Gasteiger partial charge in [0.1, 0.15) is 10.7 Å². The number of carbonyl (C=O) groups is 1. The first-order valence-corrected chi connectivity index (χ1v) is 10.9. The van der Waals surface area contributed by atoms with Crippen LogP contribution in [0.5, 0.6) is 0 Å². The van der Waals surface area contributed by atoms with Crippen LogP contribution in [-0.4, -0.2) is 38.5 Å². The van der Waals surface area contributed by atoms with E-state index in [4.69, 9.17) is 4.98 Å². The number of thioether (sulfide) groups is 1. The normalized spacial score (nSPS) is 15.7. The van der Waals surface area contributed by atoms with Crippen molar-refractivity contribution in [1.29, 1.82) is 0 Å². The summed E-state index contributed by atoms with van der Waals surface area (Å²) < 4.78 is 2.19. The van der Waals surface area contributed by atoms with Gasteiger partial charge < -0.3 is 4.90 Å². The van der Waals surface area contributed by atoms with Crippen LogP contribution in [0.15, 0.2) is 23.4 Å². The van der Waals surface area contributed by atoms with Gasteiger partial charge in [-0.1, -0.05) is 33.1 Å². The highest BCUT2D eigenvalue weighted by molar-refractivity contribution is 7.99. The molecular weight excluding hydrogens is 342 g/mol. The Morgan fingerprint density at radius 1 is 1.27 bits per heavy atom. The maximum Gasteiger partial charge on any atom is 0.254 e. The van der Waals surface area contributed by atoms with Gasteiger partial charge in [-0.25, -0.2) is 4.98 Å². The molecule has 2 aromatic heterocycles. The molecular formula is C21H31N3OS. The quantitative estimate of drug-likeness (QED) is 0.683. The predicted molar refractivity (Wildman–Crippen MR) is 109 cm³/mol. The highest BCUT2D eigenvalue weighted by atomic mass is 32.2. The van der Waals surface area contributed by atoms with Crippen LogP contribution in [0.3, 0.4) is 0 Å². The summed E-state index contributed by atoms with van der Waals surface area (Å²) in [5, 5.41) is 1.96. The minimum absolute atomic E-state index is 0.0908. The third-order valence-electron chi connectivity index (χ3n) is 5.28. The number of fused-ring (bicyclic) bond motifs is 1. The maximum atomic E-state index is 12.7. The highest BCUT2D eigenvalue weighted by Crippen LogP contribution is 2.37. The van der Waals surface area contributed by atoms with Gasteiger partial charge in [-0.3, -0.25) is 9.20 Å². The molecule has 1 fully saturated rings. The zero-order valence-corrected chi connectivity index (χ0v) is 17.3. The zero-order chi connectivity index (χ0) is 18.7. The number of imidazole rings is 1. The summed E-state index contributed by atoms with van der Waals surface area (Å²) in [5.74, 6) is 0.469. The average Bonchev–Trinajstić information content (AvgIpc) is 3.01. The number of hydrogen-bond donors (Lipinski definition) is 0. The molecule has 0 saturated heterocycles. The summed E-state index contributed by atoms with van der Waals surface area (Å²) in [7, 11) is 0. The lowest BCUT2D eigenvalue weighted by molar-refractivity contribution is 0.0773. The minimum atomic E-state index is 0.0908. The molecule has 1 aliphatic carbocycles. The third kappa shape index (κ3) is 3.93. The zero-order valence-electron chi connectivity index (χ0n) is 16.5. The Morgan fingerprint density at radius 3 is 2.58 bits per heavy atom. The standard InChI is InChI=1S/C21H31N3OS/c1-5-23(6-2)20(25)16-12-13-24-18(14-16)22-19(15(3)4)21(24)26-17-10-8-7-9-11-17/h12-15,17H,5-11H2,1-4H3. The summed E-state index contributed by atoms with van der Waals surface area (Å²) in [6.07, 6.45) is 8.69. The molecule has 26 heavy (non-hydrogen) atoms. The van der Waals surface area contributed by atoms with E-state index >= 15 is 0 Å². The topological polar surface area (TPSA) is 37.6 Å². The van der Waals surface area contributed by atoms with Gasteiger partial charge in [-0.15, -0.1) is 11.8 Å². The third-order valence-corrected chi connectivity index (χ3v) is 6.72. The summed E-state index contributed by atoms with van der Waals surface area (Å²) in [4.78, 5) is 19.4. The number of nitrogens with zero attached hydrogens (tertiary/aromatic N) is 3. The van der Waals surface area contributed by atoms with Gasteiger partial charge in [-0.2, -0.15) is 0 Å². The van der Waals surface area contributed by atoms with E-state index in [0.717, 1.165) is 30.0 Å². The van der Waals surface area contributed by atoms with Crippen molar-refractivity contribution in [2.24, 2.45) is 0 Å². The van der Waals surface area contributed by atoms with Crippen LogP contribution in [0.2, 0.25) is 0 Å². The van der Waals surface area contributed by atoms with Crippen molar-refractivity contribution in [3.8, 4) is 0 Å². The maximum absolute atomic E-state index is 12.7. The lowest BCUT2D eigenvalue weighted by atomic mass is 10.0. The second-order valence-corrected chi connectivity index (χ2v) is 8.74. The molecule has 0 atom stereocenters. The van der Waals surface area contributed by atoms with E-state index in [-0.39, 0.29) is 5.91 Å². The minimum Gasteiger partial charge on any atom is -0.339 e. The fourth-order valence-corrected chi connectivity index (χ4v) is 5.26. The van der Waals surface area contributed by atoms with Gasteiger partial charge in [0.25, 0.3) is 5.91 Å². The number of hydrogen-bond acceptors (Lipinski definition) is 3. The fourth-order valence-electron chi connectivity index (χ4n) is 3.70. The largest absolute Gasteiger partial charge is 0.339 e. The molecule has 0 unspecified atom stereocenters. The molecule has 2 heterocycles. The van der Waals surface area contributed by atoms with Crippen molar-refractivity contribution in [2.75, 3.05) is 13.1 Å². The molecule has 0 aromatic carbocycles. The van der Waals surface area contributed by atoms with Gasteiger partial charge in [-0.05, 0) is 44.7 Å². The van der Waals surface area contributed by atoms with Crippen molar-refractivity contribution < 1.29 is 4.79 Å². The van der Waals surface area contributed by atoms with E-state index in [9.17, 15) is 4.79 Å². The van der Waals surface area contributed by atoms with Gasteiger partial charge in [0.05, 0.1) is 5.69 Å². The van der Waals surface area contributed by atoms with Crippen LogP contribution in [0.4, 0.5) is 0 Å². The van der Waals surface area contributed by atoms with Gasteiger partial charge in [0.15, 0.2) is 0 Å². The molecule has 2 aromatic rings. The molecule has 5 heteroatoms. The smallest absolute Gasteiger partial charge is 0.254 e. The summed E-state index contributed by atoms with van der Waals surface area (Å²) in [6, 6.07) is 3.90. The Hall–Kier alpha value is -1.49. The summed E-state index contributed by atoms with van der Waals surface area (Å²) in [6.45, 7) is 9.91. The molecule has 1 saturated carbocycles. The second-order valence-electron chi connectivity index (χ2n) is 7.46. The number of rotatable bonds is 6. The Morgan fingerprint density at radius 2 is 1.96 bits per heavy atom. The highest BCUT2D eigenvalue weighted by Gasteiger charge is 2.22. The Kier molecular flexibility index (Phi) is 6.28. The van der Waals surface area contributed by atoms with Crippen LogP contribution in [0.25, 0.3) is 5.65 Å². The molecule has 142 valence electrons. The van der Waals surface area contributed by atoms with Crippen LogP contribution in [0.1, 0.15) is 81.8 Å². The van der Waals surface area contributed by atoms with Crippen LogP contribution >= 0.6 is 11.8 Å². The molecule has 1 amide bonds. The number of pyridine rings is 1. The molecule has 4 nitrogen and oxygen atoms in total. The molecule has 0 radical (unpaired) electrons. The Labute approximate surface area is 161 Å². The second kappa shape index (κ2) is 8.47. The number of aromatic nitrogens is 2. The predicted octanol–water partition coefficient (Wildman–Crippen LogP) is 5.36. The first-order valence-electron chi connectivity index (χ1n) is 10.0. The van der Waals surface area contributed by atoms with Crippen molar-refractivity contribution in [2.45, 2.75) is 76.0 Å². The van der Waals surface area contributed by atoms with E-state index in [1.54, 1.807) is 0 Å². The number of amides is 1. The molecule has 0 N–H and O–H groups in total. The Balaban J connectivity index is 1.96. The first-order chi connectivity index (χ1) is 12.5.